The number of hydrogen-bond donors (Lipinski definition) is 2. The Morgan fingerprint density at radius 2 is 2.13 bits per heavy atom. The van der Waals surface area contributed by atoms with E-state index in [1.54, 1.807) is 0 Å². The zero-order valence-electron chi connectivity index (χ0n) is 10.3. The Balaban J connectivity index is 1.65. The highest BCUT2D eigenvalue weighted by Crippen LogP contribution is 2.36. The van der Waals surface area contributed by atoms with Gasteiger partial charge in [0.2, 0.25) is 0 Å². The van der Waals surface area contributed by atoms with E-state index in [-0.39, 0.29) is 0 Å². The molecule has 0 bridgehead atoms. The maximum Gasteiger partial charge on any atom is 0.0192 e. The zero-order chi connectivity index (χ0) is 10.7. The lowest BCUT2D eigenvalue weighted by Gasteiger charge is -2.26. The van der Waals surface area contributed by atoms with Crippen molar-refractivity contribution in [3.63, 3.8) is 0 Å². The first kappa shape index (κ1) is 11.4. The summed E-state index contributed by atoms with van der Waals surface area (Å²) in [6.07, 6.45) is 8.27. The normalized spacial score (nSPS) is 35.6. The average Bonchev–Trinajstić information content (AvgIpc) is 2.57. The maximum atomic E-state index is 3.74. The Kier molecular flexibility index (Phi) is 3.68. The fourth-order valence-corrected chi connectivity index (χ4v) is 3.02. The summed E-state index contributed by atoms with van der Waals surface area (Å²) >= 11 is 0. The van der Waals surface area contributed by atoms with Crippen molar-refractivity contribution in [2.24, 2.45) is 5.41 Å². The average molecular weight is 210 g/mol. The minimum Gasteiger partial charge on any atom is -0.313 e. The molecule has 2 N–H and O–H groups in total. The predicted molar refractivity (Wildman–Crippen MR) is 65.1 cm³/mol. The van der Waals surface area contributed by atoms with Crippen molar-refractivity contribution in [2.75, 3.05) is 13.1 Å². The molecule has 1 heterocycles. The van der Waals surface area contributed by atoms with Crippen LogP contribution in [0.3, 0.4) is 0 Å². The van der Waals surface area contributed by atoms with E-state index < -0.39 is 0 Å². The summed E-state index contributed by atoms with van der Waals surface area (Å²) in [6.45, 7) is 7.20. The molecule has 2 atom stereocenters. The monoisotopic (exact) mass is 210 g/mol. The first-order valence-electron chi connectivity index (χ1n) is 6.62. The summed E-state index contributed by atoms with van der Waals surface area (Å²) in [5.74, 6) is 0. The van der Waals surface area contributed by atoms with Gasteiger partial charge in [0, 0.05) is 18.6 Å². The summed E-state index contributed by atoms with van der Waals surface area (Å²) in [4.78, 5) is 0. The number of nitrogens with one attached hydrogen (secondary N) is 2. The fraction of sp³-hybridized carbons (Fsp3) is 1.00. The third-order valence-electron chi connectivity index (χ3n) is 4.03. The van der Waals surface area contributed by atoms with E-state index in [4.69, 9.17) is 0 Å². The van der Waals surface area contributed by atoms with Gasteiger partial charge in [-0.05, 0) is 44.1 Å². The van der Waals surface area contributed by atoms with Crippen molar-refractivity contribution in [1.29, 1.82) is 0 Å². The van der Waals surface area contributed by atoms with Crippen LogP contribution in [0.4, 0.5) is 0 Å². The second-order valence-electron chi connectivity index (χ2n) is 6.16. The summed E-state index contributed by atoms with van der Waals surface area (Å²) in [5.41, 5.74) is 0.581. The molecule has 0 aromatic heterocycles. The van der Waals surface area contributed by atoms with E-state index in [2.05, 4.69) is 24.5 Å². The second kappa shape index (κ2) is 4.84. The molecule has 2 nitrogen and oxygen atoms in total. The summed E-state index contributed by atoms with van der Waals surface area (Å²) < 4.78 is 0. The molecular weight excluding hydrogens is 184 g/mol. The molecule has 0 aromatic carbocycles. The number of hydrogen-bond acceptors (Lipinski definition) is 2. The number of piperidine rings is 1. The van der Waals surface area contributed by atoms with Crippen LogP contribution in [0.5, 0.6) is 0 Å². The molecule has 2 heteroatoms. The van der Waals surface area contributed by atoms with Crippen LogP contribution >= 0.6 is 0 Å². The standard InChI is InChI=1S/C13H26N2/c1-13(2)7-6-11(9-13)15-10-12-5-3-4-8-14-12/h11-12,14-15H,3-10H2,1-2H3. The van der Waals surface area contributed by atoms with Gasteiger partial charge >= 0.3 is 0 Å². The van der Waals surface area contributed by atoms with E-state index in [1.165, 1.54) is 51.6 Å². The first-order chi connectivity index (χ1) is 7.16. The van der Waals surface area contributed by atoms with Gasteiger partial charge in [0.15, 0.2) is 0 Å². The molecule has 0 amide bonds. The third kappa shape index (κ3) is 3.46. The lowest BCUT2D eigenvalue weighted by molar-refractivity contribution is 0.341. The molecule has 0 spiro atoms. The molecule has 0 radical (unpaired) electrons. The Morgan fingerprint density at radius 1 is 1.27 bits per heavy atom. The van der Waals surface area contributed by atoms with Crippen molar-refractivity contribution < 1.29 is 0 Å². The molecule has 2 fully saturated rings. The van der Waals surface area contributed by atoms with Crippen molar-refractivity contribution in [2.45, 2.75) is 64.5 Å². The Labute approximate surface area is 94.2 Å². The molecule has 2 aliphatic rings. The molecule has 1 aliphatic heterocycles. The molecule has 1 aliphatic carbocycles. The second-order valence-corrected chi connectivity index (χ2v) is 6.16. The molecule has 2 rings (SSSR count). The van der Waals surface area contributed by atoms with Gasteiger partial charge in [0.1, 0.15) is 0 Å². The number of rotatable bonds is 3. The highest BCUT2D eigenvalue weighted by Gasteiger charge is 2.30. The summed E-state index contributed by atoms with van der Waals surface area (Å²) in [7, 11) is 0. The van der Waals surface area contributed by atoms with Crippen LogP contribution in [0, 0.1) is 5.41 Å². The molecule has 2 unspecified atom stereocenters. The van der Waals surface area contributed by atoms with Crippen LogP contribution in [-0.4, -0.2) is 25.2 Å². The molecular formula is C13H26N2. The van der Waals surface area contributed by atoms with Crippen LogP contribution in [-0.2, 0) is 0 Å². The van der Waals surface area contributed by atoms with E-state index >= 15 is 0 Å². The van der Waals surface area contributed by atoms with Gasteiger partial charge in [-0.25, -0.2) is 0 Å². The van der Waals surface area contributed by atoms with Crippen molar-refractivity contribution in [3.8, 4) is 0 Å². The van der Waals surface area contributed by atoms with Crippen molar-refractivity contribution in [3.05, 3.63) is 0 Å². The van der Waals surface area contributed by atoms with Crippen molar-refractivity contribution >= 4 is 0 Å². The van der Waals surface area contributed by atoms with Crippen LogP contribution < -0.4 is 10.6 Å². The summed E-state index contributed by atoms with van der Waals surface area (Å²) in [5, 5.41) is 7.35. The van der Waals surface area contributed by atoms with Gasteiger partial charge in [0.05, 0.1) is 0 Å². The highest BCUT2D eigenvalue weighted by molar-refractivity contribution is 4.87. The van der Waals surface area contributed by atoms with E-state index in [1.807, 2.05) is 0 Å². The fourth-order valence-electron chi connectivity index (χ4n) is 3.02. The molecule has 1 saturated heterocycles. The molecule has 88 valence electrons. The van der Waals surface area contributed by atoms with E-state index in [9.17, 15) is 0 Å². The molecule has 0 aromatic rings. The minimum atomic E-state index is 0.581. The predicted octanol–water partition coefficient (Wildman–Crippen LogP) is 2.30. The summed E-state index contributed by atoms with van der Waals surface area (Å²) in [6, 6.07) is 1.52. The van der Waals surface area contributed by atoms with Crippen LogP contribution in [0.25, 0.3) is 0 Å². The van der Waals surface area contributed by atoms with E-state index in [0.29, 0.717) is 5.41 Å². The van der Waals surface area contributed by atoms with Crippen molar-refractivity contribution in [1.82, 2.24) is 10.6 Å². The molecule has 15 heavy (non-hydrogen) atoms. The lowest BCUT2D eigenvalue weighted by Crippen LogP contribution is -2.44. The van der Waals surface area contributed by atoms with E-state index in [0.717, 1.165) is 12.1 Å². The SMILES string of the molecule is CC1(C)CCC(NCC2CCCCN2)C1. The Morgan fingerprint density at radius 3 is 2.73 bits per heavy atom. The van der Waals surface area contributed by atoms with Crippen LogP contribution in [0.15, 0.2) is 0 Å². The lowest BCUT2D eigenvalue weighted by atomic mass is 9.92. The first-order valence-corrected chi connectivity index (χ1v) is 6.62. The van der Waals surface area contributed by atoms with Crippen LogP contribution in [0.1, 0.15) is 52.4 Å². The third-order valence-corrected chi connectivity index (χ3v) is 4.03. The van der Waals surface area contributed by atoms with Gasteiger partial charge in [0.25, 0.3) is 0 Å². The van der Waals surface area contributed by atoms with Gasteiger partial charge in [-0.2, -0.15) is 0 Å². The van der Waals surface area contributed by atoms with Gasteiger partial charge in [-0.1, -0.05) is 20.3 Å². The zero-order valence-corrected chi connectivity index (χ0v) is 10.3. The van der Waals surface area contributed by atoms with Gasteiger partial charge < -0.3 is 10.6 Å². The molecule has 1 saturated carbocycles. The quantitative estimate of drug-likeness (QED) is 0.747. The highest BCUT2D eigenvalue weighted by atomic mass is 15.0. The smallest absolute Gasteiger partial charge is 0.0192 e. The Bertz CT molecular complexity index is 195. The minimum absolute atomic E-state index is 0.581. The topological polar surface area (TPSA) is 24.1 Å². The van der Waals surface area contributed by atoms with Crippen LogP contribution in [0.2, 0.25) is 0 Å². The maximum absolute atomic E-state index is 3.74. The largest absolute Gasteiger partial charge is 0.313 e. The van der Waals surface area contributed by atoms with Gasteiger partial charge in [-0.3, -0.25) is 0 Å². The van der Waals surface area contributed by atoms with Gasteiger partial charge in [-0.15, -0.1) is 0 Å². The Hall–Kier alpha value is -0.0800.